The summed E-state index contributed by atoms with van der Waals surface area (Å²) in [6.07, 6.45) is 6.17. The molecule has 0 bridgehead atoms. The fourth-order valence-electron chi connectivity index (χ4n) is 2.73. The molecule has 0 aliphatic heterocycles. The molecule has 0 aromatic carbocycles. The van der Waals surface area contributed by atoms with Crippen LogP contribution in [0.4, 0.5) is 0 Å². The van der Waals surface area contributed by atoms with Gasteiger partial charge in [-0.25, -0.2) is 0 Å². The number of nitrogens with two attached hydrogens (primary N) is 1. The van der Waals surface area contributed by atoms with Crippen LogP contribution in [0.1, 0.15) is 38.5 Å². The van der Waals surface area contributed by atoms with Crippen molar-refractivity contribution in [3.63, 3.8) is 0 Å². The van der Waals surface area contributed by atoms with Crippen LogP contribution >= 0.6 is 23.1 Å². The average Bonchev–Trinajstić information content (AvgIpc) is 3.03. The summed E-state index contributed by atoms with van der Waals surface area (Å²) in [5, 5.41) is 11.8. The monoisotopic (exact) mass is 298 g/mol. The Balaban J connectivity index is 1.68. The Labute approximate surface area is 120 Å². The third-order valence-electron chi connectivity index (χ3n) is 3.84. The second-order valence-electron chi connectivity index (χ2n) is 5.41. The topological polar surface area (TPSA) is 80.9 Å². The van der Waals surface area contributed by atoms with Gasteiger partial charge < -0.3 is 11.1 Å². The van der Waals surface area contributed by atoms with Crippen LogP contribution in [0.3, 0.4) is 0 Å². The van der Waals surface area contributed by atoms with Gasteiger partial charge in [0.15, 0.2) is 4.34 Å². The van der Waals surface area contributed by atoms with E-state index < -0.39 is 5.54 Å². The lowest BCUT2D eigenvalue weighted by Gasteiger charge is -2.39. The smallest absolute Gasteiger partial charge is 0.237 e. The summed E-state index contributed by atoms with van der Waals surface area (Å²) in [6.45, 7) is 0. The van der Waals surface area contributed by atoms with E-state index >= 15 is 0 Å². The van der Waals surface area contributed by atoms with Crippen molar-refractivity contribution in [1.82, 2.24) is 15.5 Å². The number of hydrogen-bond donors (Lipinski definition) is 2. The number of primary amides is 1. The molecule has 3 N–H and O–H groups in total. The van der Waals surface area contributed by atoms with Crippen LogP contribution in [0.5, 0.6) is 0 Å². The lowest BCUT2D eigenvalue weighted by Crippen LogP contribution is -2.59. The normalized spacial score (nSPS) is 31.3. The molecule has 5 nitrogen and oxygen atoms in total. The summed E-state index contributed by atoms with van der Waals surface area (Å²) in [7, 11) is 0. The highest BCUT2D eigenvalue weighted by Gasteiger charge is 2.44. The summed E-state index contributed by atoms with van der Waals surface area (Å²) >= 11 is 3.29. The first-order chi connectivity index (χ1) is 9.18. The van der Waals surface area contributed by atoms with Crippen LogP contribution in [-0.2, 0) is 4.79 Å². The number of aromatic nitrogens is 2. The third-order valence-corrected chi connectivity index (χ3v) is 5.92. The molecule has 1 aromatic heterocycles. The number of carbonyl (C=O) groups excluding carboxylic acids is 1. The van der Waals surface area contributed by atoms with E-state index in [0.29, 0.717) is 11.3 Å². The summed E-state index contributed by atoms with van der Waals surface area (Å²) in [6, 6.07) is 0.498. The van der Waals surface area contributed by atoms with Crippen molar-refractivity contribution < 1.29 is 4.79 Å². The summed E-state index contributed by atoms with van der Waals surface area (Å²) < 4.78 is 0.983. The predicted molar refractivity (Wildman–Crippen MR) is 76.1 cm³/mol. The van der Waals surface area contributed by atoms with E-state index in [1.165, 1.54) is 12.8 Å². The Morgan fingerprint density at radius 3 is 3.00 bits per heavy atom. The molecule has 0 saturated heterocycles. The highest BCUT2D eigenvalue weighted by atomic mass is 32.2. The second-order valence-corrected chi connectivity index (χ2v) is 7.79. The summed E-state index contributed by atoms with van der Waals surface area (Å²) in [5.41, 5.74) is 6.92. The molecular formula is C12H18N4OS2. The Hall–Kier alpha value is -0.660. The van der Waals surface area contributed by atoms with Crippen molar-refractivity contribution >= 4 is 29.0 Å². The van der Waals surface area contributed by atoms with E-state index in [9.17, 15) is 4.79 Å². The second kappa shape index (κ2) is 5.38. The number of nitrogens with zero attached hydrogens (tertiary/aromatic N) is 2. The molecule has 2 atom stereocenters. The van der Waals surface area contributed by atoms with Gasteiger partial charge in [-0.3, -0.25) is 4.79 Å². The van der Waals surface area contributed by atoms with Gasteiger partial charge in [-0.2, -0.15) is 0 Å². The van der Waals surface area contributed by atoms with Crippen LogP contribution in [0.25, 0.3) is 0 Å². The largest absolute Gasteiger partial charge is 0.368 e. The minimum absolute atomic E-state index is 0.193. The third kappa shape index (κ3) is 3.09. The Morgan fingerprint density at radius 1 is 1.53 bits per heavy atom. The van der Waals surface area contributed by atoms with Gasteiger partial charge in [-0.1, -0.05) is 23.1 Å². The molecule has 2 fully saturated rings. The molecule has 2 aliphatic carbocycles. The van der Waals surface area contributed by atoms with Crippen LogP contribution in [0, 0.1) is 0 Å². The molecule has 0 radical (unpaired) electrons. The van der Waals surface area contributed by atoms with Gasteiger partial charge in [0.2, 0.25) is 5.91 Å². The van der Waals surface area contributed by atoms with Gasteiger partial charge in [0.05, 0.1) is 5.54 Å². The van der Waals surface area contributed by atoms with E-state index in [1.807, 2.05) is 0 Å². The zero-order valence-corrected chi connectivity index (χ0v) is 12.3. The minimum Gasteiger partial charge on any atom is -0.368 e. The molecule has 1 amide bonds. The molecule has 1 aromatic rings. The fourth-order valence-corrected chi connectivity index (χ4v) is 4.80. The first-order valence-electron chi connectivity index (χ1n) is 6.68. The van der Waals surface area contributed by atoms with Crippen molar-refractivity contribution in [1.29, 1.82) is 0 Å². The standard InChI is InChI=1S/C12H18N4OS2/c13-10(17)12(15-8-3-4-8)5-1-2-9(6-12)19-11-16-14-7-18-11/h7-9,15H,1-6H2,(H2,13,17). The van der Waals surface area contributed by atoms with E-state index in [4.69, 9.17) is 5.73 Å². The van der Waals surface area contributed by atoms with Crippen molar-refractivity contribution in [2.45, 2.75) is 59.7 Å². The van der Waals surface area contributed by atoms with E-state index in [1.54, 1.807) is 28.6 Å². The van der Waals surface area contributed by atoms with Crippen molar-refractivity contribution in [3.8, 4) is 0 Å². The Kier molecular flexibility index (Phi) is 3.77. The van der Waals surface area contributed by atoms with Crippen molar-refractivity contribution in [2.24, 2.45) is 5.73 Å². The molecule has 7 heteroatoms. The summed E-state index contributed by atoms with van der Waals surface area (Å²) in [4.78, 5) is 11.9. The van der Waals surface area contributed by atoms with Gasteiger partial charge >= 0.3 is 0 Å². The SMILES string of the molecule is NC(=O)C1(NC2CC2)CCCC(Sc2nncs2)C1. The van der Waals surface area contributed by atoms with Crippen LogP contribution in [-0.4, -0.2) is 32.9 Å². The first kappa shape index (κ1) is 13.3. The lowest BCUT2D eigenvalue weighted by molar-refractivity contribution is -0.125. The minimum atomic E-state index is -0.498. The Morgan fingerprint density at radius 2 is 2.37 bits per heavy atom. The van der Waals surface area contributed by atoms with Crippen molar-refractivity contribution in [3.05, 3.63) is 5.51 Å². The molecular weight excluding hydrogens is 280 g/mol. The average molecular weight is 298 g/mol. The first-order valence-corrected chi connectivity index (χ1v) is 8.44. The molecule has 104 valence electrons. The summed E-state index contributed by atoms with van der Waals surface area (Å²) in [5.74, 6) is -0.193. The lowest BCUT2D eigenvalue weighted by atomic mass is 9.80. The van der Waals surface area contributed by atoms with E-state index in [2.05, 4.69) is 15.5 Å². The number of amides is 1. The molecule has 1 heterocycles. The Bertz CT molecular complexity index is 449. The van der Waals surface area contributed by atoms with Crippen LogP contribution in [0.15, 0.2) is 9.85 Å². The number of rotatable bonds is 5. The zero-order valence-electron chi connectivity index (χ0n) is 10.7. The number of thioether (sulfide) groups is 1. The maximum absolute atomic E-state index is 11.9. The number of carbonyl (C=O) groups is 1. The van der Waals surface area contributed by atoms with Crippen LogP contribution in [0.2, 0.25) is 0 Å². The number of hydrogen-bond acceptors (Lipinski definition) is 6. The highest BCUT2D eigenvalue weighted by molar-refractivity contribution is 8.01. The van der Waals surface area contributed by atoms with Gasteiger partial charge in [0.1, 0.15) is 5.51 Å². The van der Waals surface area contributed by atoms with Crippen molar-refractivity contribution in [2.75, 3.05) is 0 Å². The van der Waals surface area contributed by atoms with Gasteiger partial charge in [-0.15, -0.1) is 10.2 Å². The van der Waals surface area contributed by atoms with Gasteiger partial charge in [0.25, 0.3) is 0 Å². The molecule has 2 aliphatic rings. The maximum Gasteiger partial charge on any atom is 0.237 e. The number of nitrogens with one attached hydrogen (secondary N) is 1. The molecule has 2 unspecified atom stereocenters. The van der Waals surface area contributed by atoms with E-state index in [0.717, 1.165) is 30.0 Å². The molecule has 0 spiro atoms. The zero-order chi connectivity index (χ0) is 13.3. The predicted octanol–water partition coefficient (Wildman–Crippen LogP) is 1.55. The molecule has 2 saturated carbocycles. The fraction of sp³-hybridized carbons (Fsp3) is 0.750. The molecule has 3 rings (SSSR count). The highest BCUT2D eigenvalue weighted by Crippen LogP contribution is 2.40. The van der Waals surface area contributed by atoms with Gasteiger partial charge in [0, 0.05) is 11.3 Å². The van der Waals surface area contributed by atoms with Gasteiger partial charge in [-0.05, 0) is 38.5 Å². The maximum atomic E-state index is 11.9. The molecule has 19 heavy (non-hydrogen) atoms. The van der Waals surface area contributed by atoms with E-state index in [-0.39, 0.29) is 5.91 Å². The quantitative estimate of drug-likeness (QED) is 0.862. The van der Waals surface area contributed by atoms with Crippen LogP contribution < -0.4 is 11.1 Å².